The fourth-order valence-corrected chi connectivity index (χ4v) is 5.18. The van der Waals surface area contributed by atoms with Crippen LogP contribution in [0.15, 0.2) is 24.3 Å². The van der Waals surface area contributed by atoms with E-state index in [9.17, 15) is 29.8 Å². The van der Waals surface area contributed by atoms with Crippen LogP contribution in [0.3, 0.4) is 0 Å². The molecule has 0 spiro atoms. The van der Waals surface area contributed by atoms with E-state index in [4.69, 9.17) is 10.5 Å². The molecule has 2 N–H and O–H groups in total. The number of nitro benzene ring substituents is 1. The zero-order chi connectivity index (χ0) is 25.4. The van der Waals surface area contributed by atoms with E-state index in [1.807, 2.05) is 13.1 Å². The zero-order valence-corrected chi connectivity index (χ0v) is 20.5. The van der Waals surface area contributed by atoms with Crippen LogP contribution in [0.25, 0.3) is 0 Å². The summed E-state index contributed by atoms with van der Waals surface area (Å²) in [7, 11) is 0. The van der Waals surface area contributed by atoms with Gasteiger partial charge in [0.2, 0.25) is 5.91 Å². The van der Waals surface area contributed by atoms with E-state index in [2.05, 4.69) is 12.6 Å². The van der Waals surface area contributed by atoms with E-state index in [1.165, 1.54) is 40.9 Å². The first kappa shape index (κ1) is 27.3. The fraction of sp³-hybridized carbons (Fsp3) is 0.524. The number of thiol groups is 1. The predicted octanol–water partition coefficient (Wildman–Crippen LogP) is 2.30. The Bertz CT molecular complexity index is 954. The highest BCUT2D eigenvalue weighted by atomic mass is 32.2. The van der Waals surface area contributed by atoms with E-state index in [-0.39, 0.29) is 30.5 Å². The van der Waals surface area contributed by atoms with E-state index in [0.717, 1.165) is 4.90 Å². The van der Waals surface area contributed by atoms with Gasteiger partial charge in [0.05, 0.1) is 17.0 Å². The molecule has 0 radical (unpaired) electrons. The van der Waals surface area contributed by atoms with Gasteiger partial charge in [0, 0.05) is 30.3 Å². The molecule has 1 heterocycles. The van der Waals surface area contributed by atoms with Gasteiger partial charge in [-0.2, -0.15) is 17.9 Å². The number of primary amides is 1. The van der Waals surface area contributed by atoms with Gasteiger partial charge in [-0.3, -0.25) is 19.7 Å². The number of carbonyl (C=O) groups excluding carboxylic acids is 3. The molecule has 184 valence electrons. The lowest BCUT2D eigenvalue weighted by molar-refractivity contribution is -0.384. The molecule has 1 aromatic rings. The average Bonchev–Trinajstić information content (AvgIpc) is 3.17. The largest absolute Gasteiger partial charge is 0.445 e. The maximum Gasteiger partial charge on any atom is 0.410 e. The summed E-state index contributed by atoms with van der Waals surface area (Å²) in [6.45, 7) is 3.58. The van der Waals surface area contributed by atoms with Gasteiger partial charge in [-0.05, 0) is 36.8 Å². The lowest BCUT2D eigenvalue weighted by atomic mass is 10.1. The molecule has 0 saturated carbocycles. The Hall–Kier alpha value is -2.98. The third-order valence-electron chi connectivity index (χ3n) is 5.29. The third kappa shape index (κ3) is 7.01. The van der Waals surface area contributed by atoms with E-state index in [1.54, 1.807) is 6.92 Å². The Morgan fingerprint density at radius 3 is 2.59 bits per heavy atom. The van der Waals surface area contributed by atoms with E-state index < -0.39 is 40.2 Å². The Labute approximate surface area is 207 Å². The van der Waals surface area contributed by atoms with Gasteiger partial charge in [-0.25, -0.2) is 9.69 Å². The number of hydrogen-bond donors (Lipinski definition) is 2. The van der Waals surface area contributed by atoms with Crippen molar-refractivity contribution in [1.29, 1.82) is 5.26 Å². The molecule has 1 fully saturated rings. The van der Waals surface area contributed by atoms with Gasteiger partial charge >= 0.3 is 6.09 Å². The smallest absolute Gasteiger partial charge is 0.410 e. The van der Waals surface area contributed by atoms with Gasteiger partial charge in [-0.1, -0.05) is 6.92 Å². The van der Waals surface area contributed by atoms with Gasteiger partial charge in [0.15, 0.2) is 6.19 Å². The third-order valence-corrected chi connectivity index (χ3v) is 6.87. The number of rotatable bonds is 10. The Morgan fingerprint density at radius 2 is 2.06 bits per heavy atom. The number of nitriles is 1. The molecule has 1 aromatic carbocycles. The fourth-order valence-electron chi connectivity index (χ4n) is 3.69. The van der Waals surface area contributed by atoms with Crippen LogP contribution in [0.1, 0.15) is 32.3 Å². The molecule has 11 nitrogen and oxygen atoms in total. The maximum atomic E-state index is 13.3. The molecule has 1 aliphatic rings. The molecule has 13 heteroatoms. The van der Waals surface area contributed by atoms with Gasteiger partial charge in [0.25, 0.3) is 11.6 Å². The number of benzene rings is 1. The number of hydrogen-bond acceptors (Lipinski definition) is 9. The normalized spacial score (nSPS) is 19.1. The van der Waals surface area contributed by atoms with Crippen LogP contribution in [0.2, 0.25) is 0 Å². The molecule has 0 bridgehead atoms. The lowest BCUT2D eigenvalue weighted by Crippen LogP contribution is -2.50. The minimum Gasteiger partial charge on any atom is -0.445 e. The predicted molar refractivity (Wildman–Crippen MR) is 129 cm³/mol. The number of nitrogens with zero attached hydrogens (tertiary/aromatic N) is 4. The van der Waals surface area contributed by atoms with Crippen LogP contribution in [-0.2, 0) is 20.9 Å². The minimum atomic E-state index is -0.760. The highest BCUT2D eigenvalue weighted by Gasteiger charge is 2.44. The second kappa shape index (κ2) is 12.5. The van der Waals surface area contributed by atoms with Crippen molar-refractivity contribution in [2.45, 2.75) is 55.9 Å². The summed E-state index contributed by atoms with van der Waals surface area (Å²) in [5.74, 6) is -0.587. The summed E-state index contributed by atoms with van der Waals surface area (Å²) in [6.07, 6.45) is 1.45. The number of nitro groups is 1. The minimum absolute atomic E-state index is 0.0712. The van der Waals surface area contributed by atoms with Crippen molar-refractivity contribution in [1.82, 2.24) is 9.80 Å². The van der Waals surface area contributed by atoms with Crippen molar-refractivity contribution in [3.05, 3.63) is 39.9 Å². The monoisotopic (exact) mass is 509 g/mol. The lowest BCUT2D eigenvalue weighted by Gasteiger charge is -2.32. The van der Waals surface area contributed by atoms with Crippen molar-refractivity contribution in [3.63, 3.8) is 0 Å². The number of nitrogens with two attached hydrogens (primary N) is 1. The van der Waals surface area contributed by atoms with Crippen LogP contribution in [0, 0.1) is 21.6 Å². The molecule has 0 aromatic heterocycles. The summed E-state index contributed by atoms with van der Waals surface area (Å²) >= 11 is 5.79. The average molecular weight is 510 g/mol. The van der Waals surface area contributed by atoms with Crippen LogP contribution in [-0.4, -0.2) is 67.5 Å². The van der Waals surface area contributed by atoms with E-state index in [0.29, 0.717) is 17.7 Å². The number of carbonyl (C=O) groups is 3. The summed E-state index contributed by atoms with van der Waals surface area (Å²) in [5.41, 5.74) is 5.72. The highest BCUT2D eigenvalue weighted by Crippen LogP contribution is 2.32. The summed E-state index contributed by atoms with van der Waals surface area (Å²) < 4.78 is 5.41. The molecular weight excluding hydrogens is 482 g/mol. The molecule has 2 rings (SSSR count). The number of non-ortho nitro benzene ring substituents is 1. The van der Waals surface area contributed by atoms with Crippen LogP contribution >= 0.6 is 24.4 Å². The first-order valence-electron chi connectivity index (χ1n) is 10.6. The number of thioether (sulfide) groups is 1. The van der Waals surface area contributed by atoms with Crippen molar-refractivity contribution >= 4 is 48.0 Å². The quantitative estimate of drug-likeness (QED) is 0.160. The summed E-state index contributed by atoms with van der Waals surface area (Å²) in [4.78, 5) is 50.1. The molecule has 4 atom stereocenters. The van der Waals surface area contributed by atoms with Crippen LogP contribution < -0.4 is 5.73 Å². The number of likely N-dealkylation sites (tertiary alicyclic amines) is 1. The second-order valence-electron chi connectivity index (χ2n) is 7.79. The summed E-state index contributed by atoms with van der Waals surface area (Å²) in [5, 5.41) is 19.4. The second-order valence-corrected chi connectivity index (χ2v) is 9.94. The maximum absolute atomic E-state index is 13.3. The standard InChI is InChI=1S/C21H27N5O6S2/c1-3-34-19(20(28)25(12-22)13(2)8-18(23)27)17-9-16(33)10-24(17)21(29)32-11-14-4-6-15(7-5-14)26(30)31/h4-7,13,16-17,19,33H,3,8-11H2,1-2H3,(H2,23,27). The van der Waals surface area contributed by atoms with Crippen molar-refractivity contribution in [3.8, 4) is 6.19 Å². The SMILES string of the molecule is CCSC(C(=O)N(C#N)C(C)CC(N)=O)C1CC(S)CN1C(=O)OCc1ccc([N+](=O)[O-])cc1. The van der Waals surface area contributed by atoms with E-state index >= 15 is 0 Å². The molecule has 1 saturated heterocycles. The molecule has 34 heavy (non-hydrogen) atoms. The molecule has 0 aliphatic carbocycles. The Morgan fingerprint density at radius 1 is 1.41 bits per heavy atom. The Kier molecular flexibility index (Phi) is 10.0. The Balaban J connectivity index is 2.16. The molecular formula is C21H27N5O6S2. The van der Waals surface area contributed by atoms with Crippen LogP contribution in [0.5, 0.6) is 0 Å². The van der Waals surface area contributed by atoms with Crippen molar-refractivity contribution in [2.24, 2.45) is 5.73 Å². The van der Waals surface area contributed by atoms with Crippen molar-refractivity contribution < 1.29 is 24.0 Å². The molecule has 3 amide bonds. The topological polar surface area (TPSA) is 160 Å². The summed E-state index contributed by atoms with van der Waals surface area (Å²) in [6, 6.07) is 4.35. The van der Waals surface area contributed by atoms with Crippen LogP contribution in [0.4, 0.5) is 10.5 Å². The van der Waals surface area contributed by atoms with Gasteiger partial charge < -0.3 is 15.4 Å². The van der Waals surface area contributed by atoms with Gasteiger partial charge in [0.1, 0.15) is 11.9 Å². The number of amides is 3. The molecule has 4 unspecified atom stereocenters. The first-order chi connectivity index (χ1) is 16.1. The first-order valence-corrected chi connectivity index (χ1v) is 12.1. The number of ether oxygens (including phenoxy) is 1. The van der Waals surface area contributed by atoms with Gasteiger partial charge in [-0.15, -0.1) is 11.8 Å². The van der Waals surface area contributed by atoms with Crippen molar-refractivity contribution in [2.75, 3.05) is 12.3 Å². The zero-order valence-electron chi connectivity index (χ0n) is 18.8. The molecule has 1 aliphatic heterocycles. The highest BCUT2D eigenvalue weighted by molar-refractivity contribution is 8.00.